The number of carbonyl (C=O) groups excluding carboxylic acids is 1. The van der Waals surface area contributed by atoms with E-state index in [4.69, 9.17) is 0 Å². The standard InChI is InChI=1S/C13H23N5OS/c1-9(20-3)8-11(19)15-13-16-12(17-18(13)2)10-4-6-14-7-5-10/h9-10,14H,4-8H2,1-3H3,(H,15,16,17,19). The van der Waals surface area contributed by atoms with E-state index in [9.17, 15) is 4.79 Å². The van der Waals surface area contributed by atoms with Gasteiger partial charge in [-0.1, -0.05) is 6.92 Å². The summed E-state index contributed by atoms with van der Waals surface area (Å²) in [5.41, 5.74) is 0. The molecular formula is C13H23N5OS. The van der Waals surface area contributed by atoms with Gasteiger partial charge < -0.3 is 5.32 Å². The van der Waals surface area contributed by atoms with E-state index in [1.807, 2.05) is 20.2 Å². The summed E-state index contributed by atoms with van der Waals surface area (Å²) in [4.78, 5) is 16.4. The molecule has 1 saturated heterocycles. The van der Waals surface area contributed by atoms with Crippen LogP contribution in [0.1, 0.15) is 37.9 Å². The topological polar surface area (TPSA) is 71.8 Å². The summed E-state index contributed by atoms with van der Waals surface area (Å²) in [5, 5.41) is 10.9. The molecule has 7 heteroatoms. The van der Waals surface area contributed by atoms with Crippen LogP contribution in [0.25, 0.3) is 0 Å². The summed E-state index contributed by atoms with van der Waals surface area (Å²) in [7, 11) is 1.82. The summed E-state index contributed by atoms with van der Waals surface area (Å²) in [5.74, 6) is 1.80. The molecule has 0 spiro atoms. The molecule has 0 radical (unpaired) electrons. The summed E-state index contributed by atoms with van der Waals surface area (Å²) in [6.45, 7) is 4.06. The third-order valence-electron chi connectivity index (χ3n) is 3.61. The summed E-state index contributed by atoms with van der Waals surface area (Å²) in [6, 6.07) is 0. The molecule has 1 aromatic rings. The van der Waals surface area contributed by atoms with Gasteiger partial charge in [-0.25, -0.2) is 4.68 Å². The molecule has 2 heterocycles. The monoisotopic (exact) mass is 297 g/mol. The first-order valence-electron chi connectivity index (χ1n) is 7.04. The fourth-order valence-electron chi connectivity index (χ4n) is 2.29. The zero-order chi connectivity index (χ0) is 14.5. The first-order chi connectivity index (χ1) is 9.60. The number of amides is 1. The van der Waals surface area contributed by atoms with Crippen LogP contribution in [0, 0.1) is 0 Å². The summed E-state index contributed by atoms with van der Waals surface area (Å²) < 4.78 is 1.67. The van der Waals surface area contributed by atoms with E-state index < -0.39 is 0 Å². The number of nitrogens with zero attached hydrogens (tertiary/aromatic N) is 3. The van der Waals surface area contributed by atoms with Crippen molar-refractivity contribution in [2.24, 2.45) is 7.05 Å². The quantitative estimate of drug-likeness (QED) is 0.858. The van der Waals surface area contributed by atoms with Crippen LogP contribution in [0.15, 0.2) is 0 Å². The maximum absolute atomic E-state index is 11.9. The first kappa shape index (κ1) is 15.3. The maximum atomic E-state index is 11.9. The summed E-state index contributed by atoms with van der Waals surface area (Å²) in [6.07, 6.45) is 4.62. The highest BCUT2D eigenvalue weighted by Crippen LogP contribution is 2.23. The molecule has 2 rings (SSSR count). The predicted molar refractivity (Wildman–Crippen MR) is 82.1 cm³/mol. The number of nitrogens with one attached hydrogen (secondary N) is 2. The molecule has 0 bridgehead atoms. The smallest absolute Gasteiger partial charge is 0.227 e. The molecule has 6 nitrogen and oxygen atoms in total. The Hall–Kier alpha value is -1.08. The van der Waals surface area contributed by atoms with E-state index in [1.165, 1.54) is 0 Å². The van der Waals surface area contributed by atoms with E-state index in [1.54, 1.807) is 16.4 Å². The first-order valence-corrected chi connectivity index (χ1v) is 8.33. The van der Waals surface area contributed by atoms with Gasteiger partial charge in [-0.15, -0.1) is 0 Å². The highest BCUT2D eigenvalue weighted by Gasteiger charge is 2.21. The van der Waals surface area contributed by atoms with Crippen LogP contribution >= 0.6 is 11.8 Å². The minimum atomic E-state index is -0.000731. The lowest BCUT2D eigenvalue weighted by Gasteiger charge is -2.19. The number of anilines is 1. The number of thioether (sulfide) groups is 1. The second-order valence-corrected chi connectivity index (χ2v) is 6.52. The Balaban J connectivity index is 1.98. The van der Waals surface area contributed by atoms with Crippen molar-refractivity contribution >= 4 is 23.6 Å². The van der Waals surface area contributed by atoms with Crippen LogP contribution in [0.3, 0.4) is 0 Å². The zero-order valence-electron chi connectivity index (χ0n) is 12.3. The molecule has 0 aromatic carbocycles. The largest absolute Gasteiger partial charge is 0.317 e. The van der Waals surface area contributed by atoms with Crippen molar-refractivity contribution in [2.75, 3.05) is 24.7 Å². The molecule has 1 fully saturated rings. The van der Waals surface area contributed by atoms with Crippen molar-refractivity contribution in [1.82, 2.24) is 20.1 Å². The molecule has 2 N–H and O–H groups in total. The van der Waals surface area contributed by atoms with E-state index in [0.717, 1.165) is 31.8 Å². The van der Waals surface area contributed by atoms with Crippen molar-refractivity contribution in [1.29, 1.82) is 0 Å². The van der Waals surface area contributed by atoms with E-state index in [0.29, 0.717) is 23.5 Å². The van der Waals surface area contributed by atoms with Crippen molar-refractivity contribution in [3.63, 3.8) is 0 Å². The second-order valence-electron chi connectivity index (χ2n) is 5.24. The molecule has 1 amide bonds. The molecular weight excluding hydrogens is 274 g/mol. The molecule has 1 aliphatic rings. The number of rotatable bonds is 5. The number of hydrogen-bond donors (Lipinski definition) is 2. The lowest BCUT2D eigenvalue weighted by Crippen LogP contribution is -2.27. The van der Waals surface area contributed by atoms with Gasteiger partial charge in [-0.3, -0.25) is 10.1 Å². The van der Waals surface area contributed by atoms with Gasteiger partial charge in [0.05, 0.1) is 0 Å². The van der Waals surface area contributed by atoms with Crippen LogP contribution in [0.2, 0.25) is 0 Å². The zero-order valence-corrected chi connectivity index (χ0v) is 13.2. The minimum Gasteiger partial charge on any atom is -0.317 e. The highest BCUT2D eigenvalue weighted by molar-refractivity contribution is 7.99. The van der Waals surface area contributed by atoms with Crippen LogP contribution in [-0.2, 0) is 11.8 Å². The Morgan fingerprint density at radius 1 is 1.55 bits per heavy atom. The Morgan fingerprint density at radius 3 is 2.90 bits per heavy atom. The van der Waals surface area contributed by atoms with E-state index in [-0.39, 0.29) is 5.91 Å². The second kappa shape index (κ2) is 7.08. The fourth-order valence-corrected chi connectivity index (χ4v) is 2.60. The van der Waals surface area contributed by atoms with Gasteiger partial charge >= 0.3 is 0 Å². The number of aromatic nitrogens is 3. The van der Waals surface area contributed by atoms with Crippen molar-refractivity contribution in [2.45, 2.75) is 37.4 Å². The molecule has 0 saturated carbocycles. The van der Waals surface area contributed by atoms with Crippen molar-refractivity contribution in [3.8, 4) is 0 Å². The average molecular weight is 297 g/mol. The SMILES string of the molecule is CSC(C)CC(=O)Nc1nc(C2CCNCC2)nn1C. The minimum absolute atomic E-state index is 0.000731. The lowest BCUT2D eigenvalue weighted by molar-refractivity contribution is -0.116. The van der Waals surface area contributed by atoms with Crippen molar-refractivity contribution < 1.29 is 4.79 Å². The van der Waals surface area contributed by atoms with Gasteiger partial charge in [0.25, 0.3) is 0 Å². The third-order valence-corrected chi connectivity index (χ3v) is 4.58. The molecule has 1 unspecified atom stereocenters. The lowest BCUT2D eigenvalue weighted by atomic mass is 9.98. The van der Waals surface area contributed by atoms with E-state index >= 15 is 0 Å². The van der Waals surface area contributed by atoms with Gasteiger partial charge in [-0.2, -0.15) is 21.8 Å². The van der Waals surface area contributed by atoms with Crippen LogP contribution < -0.4 is 10.6 Å². The number of carbonyl (C=O) groups is 1. The van der Waals surface area contributed by atoms with Gasteiger partial charge in [0, 0.05) is 24.6 Å². The maximum Gasteiger partial charge on any atom is 0.227 e. The Labute approximate surface area is 124 Å². The van der Waals surface area contributed by atoms with Gasteiger partial charge in [0.15, 0.2) is 5.82 Å². The molecule has 1 aliphatic heterocycles. The molecule has 0 aliphatic carbocycles. The molecule has 1 atom stereocenters. The van der Waals surface area contributed by atoms with Gasteiger partial charge in [-0.05, 0) is 32.2 Å². The number of aryl methyl sites for hydroxylation is 1. The number of hydrogen-bond acceptors (Lipinski definition) is 5. The number of piperidine rings is 1. The third kappa shape index (κ3) is 3.96. The van der Waals surface area contributed by atoms with Crippen LogP contribution in [-0.4, -0.2) is 45.3 Å². The van der Waals surface area contributed by atoms with Gasteiger partial charge in [0.2, 0.25) is 11.9 Å². The molecule has 1 aromatic heterocycles. The fraction of sp³-hybridized carbons (Fsp3) is 0.769. The Morgan fingerprint density at radius 2 is 2.25 bits per heavy atom. The van der Waals surface area contributed by atoms with Gasteiger partial charge in [0.1, 0.15) is 0 Å². The van der Waals surface area contributed by atoms with Crippen molar-refractivity contribution in [3.05, 3.63) is 5.82 Å². The normalized spacial score (nSPS) is 17.9. The Bertz CT molecular complexity index is 456. The predicted octanol–water partition coefficient (Wildman–Crippen LogP) is 1.36. The van der Waals surface area contributed by atoms with Crippen LogP contribution in [0.4, 0.5) is 5.95 Å². The van der Waals surface area contributed by atoms with Crippen LogP contribution in [0.5, 0.6) is 0 Å². The van der Waals surface area contributed by atoms with E-state index in [2.05, 4.69) is 20.7 Å². The Kier molecular flexibility index (Phi) is 5.42. The average Bonchev–Trinajstić information content (AvgIpc) is 2.81. The summed E-state index contributed by atoms with van der Waals surface area (Å²) >= 11 is 1.69. The molecule has 20 heavy (non-hydrogen) atoms. The highest BCUT2D eigenvalue weighted by atomic mass is 32.2. The molecule has 112 valence electrons.